The highest BCUT2D eigenvalue weighted by Crippen LogP contribution is 2.17. The molecule has 0 atom stereocenters. The first-order valence-electron chi connectivity index (χ1n) is 6.13. The Bertz CT molecular complexity index is 536. The third kappa shape index (κ3) is 5.10. The summed E-state index contributed by atoms with van der Waals surface area (Å²) in [6.07, 6.45) is -1.95. The molecular weight excluding hydrogens is 293 g/mol. The van der Waals surface area contributed by atoms with Crippen LogP contribution in [0.5, 0.6) is 0 Å². The normalized spacial score (nSPS) is 12.1. The van der Waals surface area contributed by atoms with Gasteiger partial charge < -0.3 is 5.32 Å². The van der Waals surface area contributed by atoms with E-state index in [1.165, 1.54) is 6.07 Å². The van der Waals surface area contributed by atoms with Crippen molar-refractivity contribution in [1.29, 1.82) is 0 Å². The molecule has 0 heterocycles. The van der Waals surface area contributed by atoms with Gasteiger partial charge in [0.25, 0.3) is 6.43 Å². The van der Waals surface area contributed by atoms with Gasteiger partial charge in [-0.25, -0.2) is 26.3 Å². The molecule has 0 unspecified atom stereocenters. The van der Waals surface area contributed by atoms with Gasteiger partial charge in [-0.15, -0.1) is 0 Å². The van der Waals surface area contributed by atoms with Gasteiger partial charge in [0, 0.05) is 6.54 Å². The molecule has 0 radical (unpaired) electrons. The Kier molecular flexibility index (Phi) is 6.44. The molecular formula is C12H17F3N2O2S. The van der Waals surface area contributed by atoms with Gasteiger partial charge in [-0.1, -0.05) is 13.0 Å². The Hall–Kier alpha value is -1.12. The van der Waals surface area contributed by atoms with E-state index in [9.17, 15) is 21.6 Å². The maximum atomic E-state index is 13.2. The van der Waals surface area contributed by atoms with E-state index >= 15 is 0 Å². The number of nitrogens with one attached hydrogen (secondary N) is 2. The Morgan fingerprint density at radius 1 is 1.30 bits per heavy atom. The van der Waals surface area contributed by atoms with Crippen molar-refractivity contribution in [2.75, 3.05) is 13.1 Å². The third-order valence-electron chi connectivity index (χ3n) is 2.49. The van der Waals surface area contributed by atoms with Crippen LogP contribution in [0.25, 0.3) is 0 Å². The number of sulfonamides is 1. The molecule has 2 N–H and O–H groups in total. The second kappa shape index (κ2) is 7.61. The average Bonchev–Trinajstić information content (AvgIpc) is 2.38. The zero-order chi connectivity index (χ0) is 15.2. The molecule has 1 rings (SSSR count). The maximum absolute atomic E-state index is 13.2. The molecule has 0 aliphatic carbocycles. The van der Waals surface area contributed by atoms with E-state index in [0.29, 0.717) is 12.1 Å². The highest BCUT2D eigenvalue weighted by molar-refractivity contribution is 7.89. The molecule has 0 aliphatic rings. The van der Waals surface area contributed by atoms with Crippen LogP contribution in [-0.4, -0.2) is 27.9 Å². The monoisotopic (exact) mass is 310 g/mol. The van der Waals surface area contributed by atoms with Crippen LogP contribution in [-0.2, 0) is 16.6 Å². The average molecular weight is 310 g/mol. The van der Waals surface area contributed by atoms with Crippen LogP contribution in [0.4, 0.5) is 13.2 Å². The number of benzene rings is 1. The zero-order valence-corrected chi connectivity index (χ0v) is 11.8. The first-order valence-corrected chi connectivity index (χ1v) is 7.62. The smallest absolute Gasteiger partial charge is 0.251 e. The van der Waals surface area contributed by atoms with Crippen LogP contribution >= 0.6 is 0 Å². The topological polar surface area (TPSA) is 58.2 Å². The minimum Gasteiger partial charge on any atom is -0.313 e. The minimum atomic E-state index is -4.16. The van der Waals surface area contributed by atoms with Gasteiger partial charge in [0.15, 0.2) is 0 Å². The molecule has 114 valence electrons. The van der Waals surface area contributed by atoms with Gasteiger partial charge in [-0.3, -0.25) is 0 Å². The predicted octanol–water partition coefficient (Wildman–Crippen LogP) is 1.87. The molecule has 0 bridgehead atoms. The SMILES string of the molecule is CCCNCc1ccc(F)cc1S(=O)(=O)NCC(F)F. The van der Waals surface area contributed by atoms with Crippen molar-refractivity contribution >= 4 is 10.0 Å². The molecule has 0 aromatic heterocycles. The van der Waals surface area contributed by atoms with Crippen LogP contribution in [0.2, 0.25) is 0 Å². The van der Waals surface area contributed by atoms with Crippen molar-refractivity contribution in [3.63, 3.8) is 0 Å². The first kappa shape index (κ1) is 16.9. The van der Waals surface area contributed by atoms with E-state index < -0.39 is 28.8 Å². The van der Waals surface area contributed by atoms with Crippen LogP contribution in [0.3, 0.4) is 0 Å². The summed E-state index contributed by atoms with van der Waals surface area (Å²) in [5.41, 5.74) is 0.335. The van der Waals surface area contributed by atoms with E-state index in [1.54, 1.807) is 4.72 Å². The largest absolute Gasteiger partial charge is 0.313 e. The molecule has 8 heteroatoms. The Morgan fingerprint density at radius 2 is 2.00 bits per heavy atom. The van der Waals surface area contributed by atoms with Gasteiger partial charge in [-0.2, -0.15) is 0 Å². The standard InChI is InChI=1S/C12H17F3N2O2S/c1-2-5-16-7-9-3-4-10(13)6-11(9)20(18,19)17-8-12(14)15/h3-4,6,12,16-17H,2,5,7-8H2,1H3. The van der Waals surface area contributed by atoms with E-state index in [-0.39, 0.29) is 11.4 Å². The van der Waals surface area contributed by atoms with Gasteiger partial charge in [-0.05, 0) is 30.7 Å². The summed E-state index contributed by atoms with van der Waals surface area (Å²) < 4.78 is 63.0. The summed E-state index contributed by atoms with van der Waals surface area (Å²) in [6.45, 7) is 1.83. The zero-order valence-electron chi connectivity index (χ0n) is 11.0. The van der Waals surface area contributed by atoms with Crippen molar-refractivity contribution in [3.8, 4) is 0 Å². The summed E-state index contributed by atoms with van der Waals surface area (Å²) in [4.78, 5) is -0.318. The molecule has 0 spiro atoms. The van der Waals surface area contributed by atoms with Crippen LogP contribution < -0.4 is 10.0 Å². The molecule has 1 aromatic carbocycles. The second-order valence-electron chi connectivity index (χ2n) is 4.17. The highest BCUT2D eigenvalue weighted by Gasteiger charge is 2.20. The van der Waals surface area contributed by atoms with Crippen molar-refractivity contribution in [2.45, 2.75) is 31.2 Å². The van der Waals surface area contributed by atoms with Crippen LogP contribution in [0.1, 0.15) is 18.9 Å². The van der Waals surface area contributed by atoms with Crippen molar-refractivity contribution in [1.82, 2.24) is 10.0 Å². The Labute approximate surface area is 116 Å². The summed E-state index contributed by atoms with van der Waals surface area (Å²) in [6, 6.07) is 3.29. The van der Waals surface area contributed by atoms with E-state index in [4.69, 9.17) is 0 Å². The fourth-order valence-electron chi connectivity index (χ4n) is 1.57. The summed E-state index contributed by atoms with van der Waals surface area (Å²) in [7, 11) is -4.16. The number of rotatable bonds is 8. The van der Waals surface area contributed by atoms with Crippen molar-refractivity contribution in [3.05, 3.63) is 29.6 Å². The number of hydrogen-bond acceptors (Lipinski definition) is 3. The number of hydrogen-bond donors (Lipinski definition) is 2. The van der Waals surface area contributed by atoms with Gasteiger partial charge in [0.2, 0.25) is 10.0 Å². The molecule has 0 saturated carbocycles. The lowest BCUT2D eigenvalue weighted by Gasteiger charge is -2.12. The van der Waals surface area contributed by atoms with E-state index in [1.807, 2.05) is 6.92 Å². The molecule has 0 amide bonds. The minimum absolute atomic E-state index is 0.221. The lowest BCUT2D eigenvalue weighted by atomic mass is 10.2. The quantitative estimate of drug-likeness (QED) is 0.721. The lowest BCUT2D eigenvalue weighted by Crippen LogP contribution is -2.30. The van der Waals surface area contributed by atoms with Crippen molar-refractivity contribution < 1.29 is 21.6 Å². The first-order chi connectivity index (χ1) is 9.36. The lowest BCUT2D eigenvalue weighted by molar-refractivity contribution is 0.153. The summed E-state index contributed by atoms with van der Waals surface area (Å²) in [5.74, 6) is -0.735. The van der Waals surface area contributed by atoms with Gasteiger partial charge in [0.05, 0.1) is 11.4 Å². The molecule has 0 fully saturated rings. The fourth-order valence-corrected chi connectivity index (χ4v) is 2.83. The highest BCUT2D eigenvalue weighted by atomic mass is 32.2. The van der Waals surface area contributed by atoms with Gasteiger partial charge >= 0.3 is 0 Å². The van der Waals surface area contributed by atoms with Crippen LogP contribution in [0.15, 0.2) is 23.1 Å². The number of halogens is 3. The molecule has 1 aromatic rings. The molecule has 4 nitrogen and oxygen atoms in total. The maximum Gasteiger partial charge on any atom is 0.251 e. The van der Waals surface area contributed by atoms with E-state index in [2.05, 4.69) is 5.32 Å². The third-order valence-corrected chi connectivity index (χ3v) is 3.99. The van der Waals surface area contributed by atoms with Crippen molar-refractivity contribution in [2.24, 2.45) is 0 Å². The second-order valence-corrected chi connectivity index (χ2v) is 5.91. The van der Waals surface area contributed by atoms with Gasteiger partial charge in [0.1, 0.15) is 5.82 Å². The fraction of sp³-hybridized carbons (Fsp3) is 0.500. The summed E-state index contributed by atoms with van der Waals surface area (Å²) in [5, 5.41) is 2.99. The molecule has 0 aliphatic heterocycles. The Morgan fingerprint density at radius 3 is 2.60 bits per heavy atom. The van der Waals surface area contributed by atoms with Crippen LogP contribution in [0, 0.1) is 5.82 Å². The van der Waals surface area contributed by atoms with E-state index in [0.717, 1.165) is 18.6 Å². The number of alkyl halides is 2. The summed E-state index contributed by atoms with van der Waals surface area (Å²) >= 11 is 0. The predicted molar refractivity (Wildman–Crippen MR) is 69.6 cm³/mol. The Balaban J connectivity index is 2.98. The molecule has 20 heavy (non-hydrogen) atoms. The molecule has 0 saturated heterocycles.